The second-order valence-corrected chi connectivity index (χ2v) is 6.09. The number of nitrogens with zero attached hydrogens (tertiary/aromatic N) is 1. The Balaban J connectivity index is 1.35. The Hall–Kier alpha value is -3.80. The van der Waals surface area contributed by atoms with Gasteiger partial charge in [0.2, 0.25) is 6.10 Å². The van der Waals surface area contributed by atoms with E-state index in [1.54, 1.807) is 18.3 Å². The lowest BCUT2D eigenvalue weighted by Crippen LogP contribution is -2.42. The Bertz CT molecular complexity index is 989. The Morgan fingerprint density at radius 3 is 2.57 bits per heavy atom. The maximum Gasteiger partial charge on any atom is 0.284 e. The topological polar surface area (TPSA) is 69.2 Å². The van der Waals surface area contributed by atoms with Gasteiger partial charge in [-0.3, -0.25) is 4.79 Å². The van der Waals surface area contributed by atoms with Crippen LogP contribution in [-0.2, 0) is 4.79 Å². The highest BCUT2D eigenvalue weighted by atomic mass is 16.6. The van der Waals surface area contributed by atoms with Gasteiger partial charge in [0.1, 0.15) is 18.1 Å². The predicted octanol–water partition coefficient (Wildman–Crippen LogP) is 3.77. The highest BCUT2D eigenvalue weighted by molar-refractivity contribution is 5.85. The molecule has 1 aliphatic rings. The van der Waals surface area contributed by atoms with Crippen molar-refractivity contribution in [1.29, 1.82) is 0 Å². The van der Waals surface area contributed by atoms with Gasteiger partial charge in [-0.25, -0.2) is 5.43 Å². The molecule has 6 heteroatoms. The first kappa shape index (κ1) is 17.6. The van der Waals surface area contributed by atoms with E-state index in [0.717, 1.165) is 11.3 Å². The third kappa shape index (κ3) is 4.29. The number of para-hydroxylation sites is 3. The number of benzene rings is 3. The van der Waals surface area contributed by atoms with Gasteiger partial charge in [0.15, 0.2) is 11.5 Å². The molecule has 0 bridgehead atoms. The fraction of sp³-hybridized carbons (Fsp3) is 0.0909. The second-order valence-electron chi connectivity index (χ2n) is 6.09. The second kappa shape index (κ2) is 8.26. The van der Waals surface area contributed by atoms with Gasteiger partial charge in [0.25, 0.3) is 5.91 Å². The van der Waals surface area contributed by atoms with Crippen molar-refractivity contribution in [2.45, 2.75) is 6.10 Å². The lowest BCUT2D eigenvalue weighted by molar-refractivity contribution is -0.130. The highest BCUT2D eigenvalue weighted by Crippen LogP contribution is 2.30. The van der Waals surface area contributed by atoms with Crippen molar-refractivity contribution in [2.75, 3.05) is 6.61 Å². The maximum absolute atomic E-state index is 12.3. The molecule has 0 fully saturated rings. The van der Waals surface area contributed by atoms with Crippen LogP contribution in [0.2, 0.25) is 0 Å². The number of nitrogens with one attached hydrogen (secondary N) is 1. The standard InChI is InChI=1S/C22H18N2O4/c25-22(21-15-26-19-11-4-5-12-20(19)28-21)24-23-14-16-7-6-10-18(13-16)27-17-8-2-1-3-9-17/h1-14,21H,15H2,(H,24,25)/b23-14+. The molecule has 1 aliphatic heterocycles. The summed E-state index contributed by atoms with van der Waals surface area (Å²) < 4.78 is 17.0. The maximum atomic E-state index is 12.3. The fourth-order valence-corrected chi connectivity index (χ4v) is 2.67. The third-order valence-electron chi connectivity index (χ3n) is 4.03. The molecule has 3 aromatic rings. The average Bonchev–Trinajstić information content (AvgIpc) is 2.74. The van der Waals surface area contributed by atoms with Crippen LogP contribution in [0, 0.1) is 0 Å². The van der Waals surface area contributed by atoms with Crippen LogP contribution in [0.5, 0.6) is 23.0 Å². The molecule has 6 nitrogen and oxygen atoms in total. The Kier molecular flexibility index (Phi) is 5.20. The summed E-state index contributed by atoms with van der Waals surface area (Å²) in [7, 11) is 0. The summed E-state index contributed by atoms with van der Waals surface area (Å²) >= 11 is 0. The van der Waals surface area contributed by atoms with Crippen LogP contribution in [0.25, 0.3) is 0 Å². The number of carbonyl (C=O) groups is 1. The lowest BCUT2D eigenvalue weighted by atomic mass is 10.2. The van der Waals surface area contributed by atoms with Crippen molar-refractivity contribution >= 4 is 12.1 Å². The number of hydrazone groups is 1. The van der Waals surface area contributed by atoms with E-state index in [-0.39, 0.29) is 12.5 Å². The van der Waals surface area contributed by atoms with Crippen LogP contribution in [0.3, 0.4) is 0 Å². The van der Waals surface area contributed by atoms with Gasteiger partial charge in [-0.1, -0.05) is 42.5 Å². The Morgan fingerprint density at radius 2 is 1.71 bits per heavy atom. The first-order valence-corrected chi connectivity index (χ1v) is 8.82. The minimum Gasteiger partial charge on any atom is -0.485 e. The van der Waals surface area contributed by atoms with Crippen LogP contribution in [-0.4, -0.2) is 24.8 Å². The van der Waals surface area contributed by atoms with Gasteiger partial charge >= 0.3 is 0 Å². The van der Waals surface area contributed by atoms with Crippen LogP contribution in [0.4, 0.5) is 0 Å². The number of ether oxygens (including phenoxy) is 3. The molecule has 1 amide bonds. The number of hydrogen-bond donors (Lipinski definition) is 1. The summed E-state index contributed by atoms with van der Waals surface area (Å²) in [5.74, 6) is 2.23. The van der Waals surface area contributed by atoms with Crippen molar-refractivity contribution < 1.29 is 19.0 Å². The summed E-state index contributed by atoms with van der Waals surface area (Å²) in [6.07, 6.45) is 0.799. The third-order valence-corrected chi connectivity index (χ3v) is 4.03. The molecule has 28 heavy (non-hydrogen) atoms. The molecule has 3 aromatic carbocycles. The number of rotatable bonds is 5. The molecule has 1 unspecified atom stereocenters. The monoisotopic (exact) mass is 374 g/mol. The van der Waals surface area contributed by atoms with Crippen molar-refractivity contribution in [3.8, 4) is 23.0 Å². The minimum atomic E-state index is -0.750. The van der Waals surface area contributed by atoms with Gasteiger partial charge < -0.3 is 14.2 Å². The van der Waals surface area contributed by atoms with Crippen molar-refractivity contribution in [1.82, 2.24) is 5.43 Å². The van der Waals surface area contributed by atoms with E-state index in [2.05, 4.69) is 10.5 Å². The number of hydrogen-bond acceptors (Lipinski definition) is 5. The number of fused-ring (bicyclic) bond motifs is 1. The molecule has 1 N–H and O–H groups in total. The number of amides is 1. The van der Waals surface area contributed by atoms with Gasteiger partial charge in [0, 0.05) is 0 Å². The van der Waals surface area contributed by atoms with Crippen molar-refractivity contribution in [2.24, 2.45) is 5.10 Å². The predicted molar refractivity (Wildman–Crippen MR) is 105 cm³/mol. The zero-order valence-electron chi connectivity index (χ0n) is 14.9. The van der Waals surface area contributed by atoms with Gasteiger partial charge in [0.05, 0.1) is 6.21 Å². The largest absolute Gasteiger partial charge is 0.485 e. The quantitative estimate of drug-likeness (QED) is 0.545. The molecule has 4 rings (SSSR count). The van der Waals surface area contributed by atoms with E-state index in [1.807, 2.05) is 66.7 Å². The van der Waals surface area contributed by atoms with E-state index in [0.29, 0.717) is 17.2 Å². The first-order valence-electron chi connectivity index (χ1n) is 8.82. The van der Waals surface area contributed by atoms with E-state index in [1.165, 1.54) is 0 Å². The smallest absolute Gasteiger partial charge is 0.284 e. The van der Waals surface area contributed by atoms with Crippen LogP contribution < -0.4 is 19.6 Å². The summed E-state index contributed by atoms with van der Waals surface area (Å²) in [6, 6.07) is 24.1. The molecule has 0 radical (unpaired) electrons. The molecule has 0 saturated carbocycles. The summed E-state index contributed by atoms with van der Waals surface area (Å²) in [5.41, 5.74) is 3.28. The van der Waals surface area contributed by atoms with Gasteiger partial charge in [-0.05, 0) is 42.0 Å². The van der Waals surface area contributed by atoms with Crippen molar-refractivity contribution in [3.63, 3.8) is 0 Å². The minimum absolute atomic E-state index is 0.138. The fourth-order valence-electron chi connectivity index (χ4n) is 2.67. The Labute approximate surface area is 162 Å². The Morgan fingerprint density at radius 1 is 0.964 bits per heavy atom. The van der Waals surface area contributed by atoms with Crippen molar-refractivity contribution in [3.05, 3.63) is 84.4 Å². The molecule has 1 heterocycles. The highest BCUT2D eigenvalue weighted by Gasteiger charge is 2.26. The SMILES string of the molecule is O=C(N/N=C/c1cccc(Oc2ccccc2)c1)C1COc2ccccc2O1. The molecule has 0 aliphatic carbocycles. The summed E-state index contributed by atoms with van der Waals surface area (Å²) in [5, 5.41) is 4.01. The van der Waals surface area contributed by atoms with Crippen LogP contribution in [0.1, 0.15) is 5.56 Å². The molecule has 140 valence electrons. The van der Waals surface area contributed by atoms with E-state index < -0.39 is 6.10 Å². The lowest BCUT2D eigenvalue weighted by Gasteiger charge is -2.24. The van der Waals surface area contributed by atoms with Crippen LogP contribution in [0.15, 0.2) is 84.0 Å². The van der Waals surface area contributed by atoms with Crippen LogP contribution >= 0.6 is 0 Å². The zero-order valence-corrected chi connectivity index (χ0v) is 14.9. The zero-order chi connectivity index (χ0) is 19.2. The van der Waals surface area contributed by atoms with Gasteiger partial charge in [-0.15, -0.1) is 0 Å². The molecule has 1 atom stereocenters. The molecule has 0 spiro atoms. The van der Waals surface area contributed by atoms with E-state index in [4.69, 9.17) is 14.2 Å². The molecule has 0 saturated heterocycles. The van der Waals surface area contributed by atoms with E-state index in [9.17, 15) is 4.79 Å². The van der Waals surface area contributed by atoms with Gasteiger partial charge in [-0.2, -0.15) is 5.10 Å². The molecular formula is C22H18N2O4. The summed E-state index contributed by atoms with van der Waals surface area (Å²) in [6.45, 7) is 0.138. The average molecular weight is 374 g/mol. The first-order chi connectivity index (χ1) is 13.8. The normalized spacial score (nSPS) is 15.2. The molecule has 0 aromatic heterocycles. The molecular weight excluding hydrogens is 356 g/mol. The van der Waals surface area contributed by atoms with E-state index >= 15 is 0 Å². The number of carbonyl (C=O) groups excluding carboxylic acids is 1. The summed E-state index contributed by atoms with van der Waals surface area (Å²) in [4.78, 5) is 12.3.